The molecular weight excluding hydrogens is 172 g/mol. The van der Waals surface area contributed by atoms with Crippen molar-refractivity contribution in [2.75, 3.05) is 0 Å². The zero-order valence-electron chi connectivity index (χ0n) is 8.97. The molecule has 0 aromatic heterocycles. The van der Waals surface area contributed by atoms with Crippen molar-refractivity contribution in [2.24, 2.45) is 0 Å². The highest BCUT2D eigenvalue weighted by Crippen LogP contribution is 2.09. The summed E-state index contributed by atoms with van der Waals surface area (Å²) in [5.41, 5.74) is 0. The smallest absolute Gasteiger partial charge is 0.0955 e. The number of allylic oxidation sites excluding steroid dienone is 1. The van der Waals surface area contributed by atoms with Crippen LogP contribution in [0.2, 0.25) is 0 Å². The average molecular weight is 194 g/mol. The molecule has 0 aromatic rings. The van der Waals surface area contributed by atoms with E-state index in [0.29, 0.717) is 6.17 Å². The summed E-state index contributed by atoms with van der Waals surface area (Å²) >= 11 is 0. The third-order valence-corrected chi connectivity index (χ3v) is 2.58. The maximum atomic E-state index is 3.72. The van der Waals surface area contributed by atoms with Crippen LogP contribution in [0.3, 0.4) is 0 Å². The second-order valence-electron chi connectivity index (χ2n) is 3.85. The van der Waals surface area contributed by atoms with Gasteiger partial charge in [0, 0.05) is 12.4 Å². The lowest BCUT2D eigenvalue weighted by atomic mass is 10.1. The standard InChI is InChI=1S/C12H22N2/c1-2-3-4-5-6-7-8-9-12-13-10-11-14-12/h2,10-14H,1,3-9H2. The molecule has 0 atom stereocenters. The number of unbranched alkanes of at least 4 members (excludes halogenated alkanes) is 5. The van der Waals surface area contributed by atoms with Gasteiger partial charge in [0.1, 0.15) is 0 Å². The van der Waals surface area contributed by atoms with E-state index in [1.165, 1.54) is 44.9 Å². The van der Waals surface area contributed by atoms with Gasteiger partial charge in [-0.3, -0.25) is 0 Å². The Morgan fingerprint density at radius 3 is 2.36 bits per heavy atom. The molecule has 2 nitrogen and oxygen atoms in total. The van der Waals surface area contributed by atoms with Gasteiger partial charge in [0.2, 0.25) is 0 Å². The van der Waals surface area contributed by atoms with Gasteiger partial charge in [0.05, 0.1) is 6.17 Å². The van der Waals surface area contributed by atoms with E-state index in [9.17, 15) is 0 Å². The second kappa shape index (κ2) is 7.48. The minimum absolute atomic E-state index is 0.489. The van der Waals surface area contributed by atoms with Crippen LogP contribution in [-0.2, 0) is 0 Å². The first-order valence-corrected chi connectivity index (χ1v) is 5.71. The molecule has 0 saturated heterocycles. The Bertz CT molecular complexity index is 167. The average Bonchev–Trinajstić information content (AvgIpc) is 2.69. The Morgan fingerprint density at radius 1 is 1.00 bits per heavy atom. The van der Waals surface area contributed by atoms with E-state index in [0.717, 1.165) is 0 Å². The highest BCUT2D eigenvalue weighted by molar-refractivity contribution is 4.90. The van der Waals surface area contributed by atoms with Crippen LogP contribution < -0.4 is 10.6 Å². The number of nitrogens with one attached hydrogen (secondary N) is 2. The van der Waals surface area contributed by atoms with Crippen LogP contribution >= 0.6 is 0 Å². The molecule has 80 valence electrons. The van der Waals surface area contributed by atoms with Gasteiger partial charge in [-0.05, 0) is 25.7 Å². The van der Waals surface area contributed by atoms with Crippen LogP contribution in [0.1, 0.15) is 44.9 Å². The van der Waals surface area contributed by atoms with E-state index in [1.807, 2.05) is 18.5 Å². The summed E-state index contributed by atoms with van der Waals surface area (Å²) in [6, 6.07) is 0. The van der Waals surface area contributed by atoms with Crippen molar-refractivity contribution in [3.05, 3.63) is 25.1 Å². The van der Waals surface area contributed by atoms with E-state index in [4.69, 9.17) is 0 Å². The van der Waals surface area contributed by atoms with Crippen LogP contribution in [0, 0.1) is 0 Å². The number of rotatable bonds is 8. The molecule has 0 radical (unpaired) electrons. The molecule has 0 bridgehead atoms. The van der Waals surface area contributed by atoms with E-state index in [-0.39, 0.29) is 0 Å². The Kier molecular flexibility index (Phi) is 5.96. The lowest BCUT2D eigenvalue weighted by Crippen LogP contribution is -2.30. The quantitative estimate of drug-likeness (QED) is 0.458. The predicted molar refractivity (Wildman–Crippen MR) is 61.7 cm³/mol. The Hall–Kier alpha value is -0.920. The Morgan fingerprint density at radius 2 is 1.64 bits per heavy atom. The maximum absolute atomic E-state index is 3.72. The second-order valence-corrected chi connectivity index (χ2v) is 3.85. The molecule has 2 N–H and O–H groups in total. The van der Waals surface area contributed by atoms with Crippen molar-refractivity contribution in [3.8, 4) is 0 Å². The molecule has 0 aromatic carbocycles. The fraction of sp³-hybridized carbons (Fsp3) is 0.667. The van der Waals surface area contributed by atoms with Gasteiger partial charge >= 0.3 is 0 Å². The number of hydrogen-bond acceptors (Lipinski definition) is 2. The lowest BCUT2D eigenvalue weighted by Gasteiger charge is -2.11. The third-order valence-electron chi connectivity index (χ3n) is 2.58. The van der Waals surface area contributed by atoms with Crippen molar-refractivity contribution < 1.29 is 0 Å². The molecule has 0 amide bonds. The molecular formula is C12H22N2. The SMILES string of the molecule is C=CCCCCCCCC1NC=CN1. The van der Waals surface area contributed by atoms with Crippen molar-refractivity contribution in [2.45, 2.75) is 51.1 Å². The normalized spacial score (nSPS) is 15.1. The van der Waals surface area contributed by atoms with Crippen LogP contribution in [0.4, 0.5) is 0 Å². The Labute approximate surface area is 87.5 Å². The first-order valence-electron chi connectivity index (χ1n) is 5.71. The van der Waals surface area contributed by atoms with Gasteiger partial charge in [-0.15, -0.1) is 6.58 Å². The molecule has 0 aliphatic carbocycles. The summed E-state index contributed by atoms with van der Waals surface area (Å²) in [6.07, 6.45) is 15.6. The van der Waals surface area contributed by atoms with Crippen molar-refractivity contribution in [1.29, 1.82) is 0 Å². The van der Waals surface area contributed by atoms with Crippen molar-refractivity contribution >= 4 is 0 Å². The molecule has 0 fully saturated rings. The van der Waals surface area contributed by atoms with Gasteiger partial charge in [0.25, 0.3) is 0 Å². The van der Waals surface area contributed by atoms with Crippen LogP contribution in [-0.4, -0.2) is 6.17 Å². The largest absolute Gasteiger partial charge is 0.370 e. The Balaban J connectivity index is 1.77. The minimum atomic E-state index is 0.489. The first kappa shape index (κ1) is 11.2. The van der Waals surface area contributed by atoms with Gasteiger partial charge in [-0.25, -0.2) is 0 Å². The lowest BCUT2D eigenvalue weighted by molar-refractivity contribution is 0.484. The molecule has 0 spiro atoms. The zero-order chi connectivity index (χ0) is 10.1. The van der Waals surface area contributed by atoms with Crippen LogP contribution in [0.5, 0.6) is 0 Å². The van der Waals surface area contributed by atoms with Crippen molar-refractivity contribution in [3.63, 3.8) is 0 Å². The molecule has 1 rings (SSSR count). The van der Waals surface area contributed by atoms with Gasteiger partial charge in [0.15, 0.2) is 0 Å². The molecule has 0 saturated carbocycles. The monoisotopic (exact) mass is 194 g/mol. The fourth-order valence-electron chi connectivity index (χ4n) is 1.71. The van der Waals surface area contributed by atoms with Gasteiger partial charge in [-0.1, -0.05) is 25.3 Å². The molecule has 0 unspecified atom stereocenters. The highest BCUT2D eigenvalue weighted by atomic mass is 15.1. The molecule has 14 heavy (non-hydrogen) atoms. The molecule has 1 aliphatic heterocycles. The van der Waals surface area contributed by atoms with Gasteiger partial charge < -0.3 is 10.6 Å². The zero-order valence-corrected chi connectivity index (χ0v) is 8.97. The summed E-state index contributed by atoms with van der Waals surface area (Å²) in [7, 11) is 0. The molecule has 1 heterocycles. The maximum Gasteiger partial charge on any atom is 0.0955 e. The van der Waals surface area contributed by atoms with E-state index in [1.54, 1.807) is 0 Å². The summed E-state index contributed by atoms with van der Waals surface area (Å²) in [6.45, 7) is 3.72. The third kappa shape index (κ3) is 4.95. The summed E-state index contributed by atoms with van der Waals surface area (Å²) < 4.78 is 0. The fourth-order valence-corrected chi connectivity index (χ4v) is 1.71. The molecule has 2 heteroatoms. The topological polar surface area (TPSA) is 24.1 Å². The summed E-state index contributed by atoms with van der Waals surface area (Å²) in [4.78, 5) is 0. The summed E-state index contributed by atoms with van der Waals surface area (Å²) in [5, 5.41) is 6.53. The highest BCUT2D eigenvalue weighted by Gasteiger charge is 2.05. The van der Waals surface area contributed by atoms with E-state index >= 15 is 0 Å². The minimum Gasteiger partial charge on any atom is -0.370 e. The van der Waals surface area contributed by atoms with E-state index in [2.05, 4.69) is 17.2 Å². The summed E-state index contributed by atoms with van der Waals surface area (Å²) in [5.74, 6) is 0. The first-order chi connectivity index (χ1) is 6.93. The van der Waals surface area contributed by atoms with Crippen LogP contribution in [0.15, 0.2) is 25.1 Å². The van der Waals surface area contributed by atoms with Gasteiger partial charge in [-0.2, -0.15) is 0 Å². The van der Waals surface area contributed by atoms with Crippen LogP contribution in [0.25, 0.3) is 0 Å². The predicted octanol–water partition coefficient (Wildman–Crippen LogP) is 2.89. The number of hydrogen-bond donors (Lipinski definition) is 2. The van der Waals surface area contributed by atoms with E-state index < -0.39 is 0 Å². The molecule has 1 aliphatic rings. The van der Waals surface area contributed by atoms with Crippen molar-refractivity contribution in [1.82, 2.24) is 10.6 Å².